The molecule has 3 rings (SSSR count). The molecule has 0 aromatic carbocycles. The van der Waals surface area contributed by atoms with Crippen molar-refractivity contribution >= 4 is 12.1 Å². The van der Waals surface area contributed by atoms with Crippen LogP contribution in [0.3, 0.4) is 0 Å². The van der Waals surface area contributed by atoms with Crippen LogP contribution in [0.15, 0.2) is 9.52 Å². The average Bonchev–Trinajstić information content (AvgIpc) is 3.50. The highest BCUT2D eigenvalue weighted by atomic mass is 16.6. The molecule has 2 heterocycles. The monoisotopic (exact) mass is 447 g/mol. The van der Waals surface area contributed by atoms with Crippen LogP contribution in [0.1, 0.15) is 70.4 Å². The summed E-state index contributed by atoms with van der Waals surface area (Å²) in [6, 6.07) is 0.229. The van der Waals surface area contributed by atoms with E-state index in [4.69, 9.17) is 14.3 Å². The number of aromatic nitrogens is 1. The van der Waals surface area contributed by atoms with E-state index in [1.54, 1.807) is 0 Å². The van der Waals surface area contributed by atoms with Gasteiger partial charge in [0.05, 0.1) is 5.69 Å². The standard InChI is InChI=1S/C24H41N5O3/c1-7-25-22(26-13-10-21-17(2)27-32-18(21)3)28-14-11-20(12-15-28)29(16-19-8-9-19)23(30)31-24(4,5)6/h19-20H,7-16H2,1-6H3,(H,25,26). The molecule has 1 aromatic heterocycles. The molecule has 2 fully saturated rings. The van der Waals surface area contributed by atoms with Crippen molar-refractivity contribution in [2.24, 2.45) is 10.9 Å². The smallest absolute Gasteiger partial charge is 0.410 e. The molecular weight excluding hydrogens is 406 g/mol. The quantitative estimate of drug-likeness (QED) is 0.504. The van der Waals surface area contributed by atoms with Crippen LogP contribution in [0, 0.1) is 19.8 Å². The number of carbonyl (C=O) groups is 1. The Morgan fingerprint density at radius 3 is 2.47 bits per heavy atom. The third kappa shape index (κ3) is 6.87. The summed E-state index contributed by atoms with van der Waals surface area (Å²) in [5.74, 6) is 2.47. The Labute approximate surface area is 192 Å². The Bertz CT molecular complexity index is 767. The van der Waals surface area contributed by atoms with Gasteiger partial charge in [0.25, 0.3) is 0 Å². The molecule has 0 bridgehead atoms. The molecule has 1 N–H and O–H groups in total. The van der Waals surface area contributed by atoms with Gasteiger partial charge in [0, 0.05) is 44.3 Å². The second-order valence-corrected chi connectivity index (χ2v) is 10.1. The Morgan fingerprint density at radius 1 is 1.25 bits per heavy atom. The molecule has 1 saturated heterocycles. The van der Waals surface area contributed by atoms with E-state index in [0.29, 0.717) is 12.5 Å². The minimum absolute atomic E-state index is 0.164. The zero-order valence-corrected chi connectivity index (χ0v) is 20.7. The summed E-state index contributed by atoms with van der Waals surface area (Å²) >= 11 is 0. The van der Waals surface area contributed by atoms with Gasteiger partial charge in [-0.25, -0.2) is 4.79 Å². The number of aryl methyl sites for hydroxylation is 2. The maximum absolute atomic E-state index is 12.9. The van der Waals surface area contributed by atoms with E-state index in [9.17, 15) is 4.79 Å². The van der Waals surface area contributed by atoms with Crippen molar-refractivity contribution in [3.63, 3.8) is 0 Å². The van der Waals surface area contributed by atoms with Crippen LogP contribution in [-0.2, 0) is 11.2 Å². The van der Waals surface area contributed by atoms with Gasteiger partial charge in [0.1, 0.15) is 11.4 Å². The van der Waals surface area contributed by atoms with Crippen molar-refractivity contribution in [1.29, 1.82) is 0 Å². The fraction of sp³-hybridized carbons (Fsp3) is 0.792. The van der Waals surface area contributed by atoms with Crippen molar-refractivity contribution < 1.29 is 14.1 Å². The van der Waals surface area contributed by atoms with E-state index in [-0.39, 0.29) is 12.1 Å². The molecule has 1 aliphatic carbocycles. The molecule has 180 valence electrons. The van der Waals surface area contributed by atoms with E-state index in [0.717, 1.165) is 68.4 Å². The third-order valence-electron chi connectivity index (χ3n) is 6.12. The summed E-state index contributed by atoms with van der Waals surface area (Å²) in [4.78, 5) is 22.1. The molecule has 0 radical (unpaired) electrons. The molecule has 0 unspecified atom stereocenters. The van der Waals surface area contributed by atoms with E-state index in [1.807, 2.05) is 39.5 Å². The summed E-state index contributed by atoms with van der Waals surface area (Å²) in [7, 11) is 0. The lowest BCUT2D eigenvalue weighted by atomic mass is 10.0. The van der Waals surface area contributed by atoms with Gasteiger partial charge >= 0.3 is 6.09 Å². The molecule has 32 heavy (non-hydrogen) atoms. The number of piperidine rings is 1. The van der Waals surface area contributed by atoms with Gasteiger partial charge in [0.2, 0.25) is 0 Å². The first kappa shape index (κ1) is 24.4. The molecule has 1 saturated carbocycles. The second kappa shape index (κ2) is 10.6. The molecular formula is C24H41N5O3. The van der Waals surface area contributed by atoms with E-state index in [1.165, 1.54) is 12.8 Å². The molecule has 8 nitrogen and oxygen atoms in total. The summed E-state index contributed by atoms with van der Waals surface area (Å²) < 4.78 is 11.0. The highest BCUT2D eigenvalue weighted by Crippen LogP contribution is 2.32. The highest BCUT2D eigenvalue weighted by molar-refractivity contribution is 5.80. The van der Waals surface area contributed by atoms with Crippen molar-refractivity contribution in [3.05, 3.63) is 17.0 Å². The Balaban J connectivity index is 1.58. The fourth-order valence-corrected chi connectivity index (χ4v) is 4.22. The number of amides is 1. The number of guanidine groups is 1. The lowest BCUT2D eigenvalue weighted by molar-refractivity contribution is 0.00928. The first-order chi connectivity index (χ1) is 15.2. The molecule has 8 heteroatoms. The van der Waals surface area contributed by atoms with Crippen molar-refractivity contribution in [3.8, 4) is 0 Å². The number of nitrogens with one attached hydrogen (secondary N) is 1. The number of hydrogen-bond donors (Lipinski definition) is 1. The number of aliphatic imine (C=N–C) groups is 1. The summed E-state index contributed by atoms with van der Waals surface area (Å²) in [6.45, 7) is 15.9. The van der Waals surface area contributed by atoms with Gasteiger partial charge < -0.3 is 24.4 Å². The molecule has 0 atom stereocenters. The Hall–Kier alpha value is -2.25. The van der Waals surface area contributed by atoms with Gasteiger partial charge in [-0.3, -0.25) is 4.99 Å². The molecule has 0 spiro atoms. The number of ether oxygens (including phenoxy) is 1. The van der Waals surface area contributed by atoms with Gasteiger partial charge in [-0.05, 0) is 79.6 Å². The topological polar surface area (TPSA) is 83.2 Å². The summed E-state index contributed by atoms with van der Waals surface area (Å²) in [5.41, 5.74) is 1.63. The van der Waals surface area contributed by atoms with Crippen LogP contribution >= 0.6 is 0 Å². The number of carbonyl (C=O) groups excluding carboxylic acids is 1. The van der Waals surface area contributed by atoms with E-state index >= 15 is 0 Å². The van der Waals surface area contributed by atoms with Crippen molar-refractivity contribution in [2.45, 2.75) is 85.3 Å². The SMILES string of the molecule is CCNC(=NCCc1c(C)noc1C)N1CCC(N(CC2CC2)C(=O)OC(C)(C)C)CC1. The predicted octanol–water partition coefficient (Wildman–Crippen LogP) is 3.91. The van der Waals surface area contributed by atoms with Crippen LogP contribution < -0.4 is 5.32 Å². The average molecular weight is 448 g/mol. The number of likely N-dealkylation sites (tertiary alicyclic amines) is 1. The number of nitrogens with zero attached hydrogens (tertiary/aromatic N) is 4. The van der Waals surface area contributed by atoms with Gasteiger partial charge in [0.15, 0.2) is 5.96 Å². The van der Waals surface area contributed by atoms with Gasteiger partial charge in [-0.2, -0.15) is 0 Å². The Kier molecular flexibility index (Phi) is 8.06. The fourth-order valence-electron chi connectivity index (χ4n) is 4.22. The number of hydrogen-bond acceptors (Lipinski definition) is 5. The second-order valence-electron chi connectivity index (χ2n) is 10.1. The van der Waals surface area contributed by atoms with Crippen LogP contribution in [0.2, 0.25) is 0 Å². The Morgan fingerprint density at radius 2 is 1.94 bits per heavy atom. The first-order valence-corrected chi connectivity index (χ1v) is 12.1. The number of rotatable bonds is 7. The van der Waals surface area contributed by atoms with E-state index in [2.05, 4.69) is 22.3 Å². The maximum atomic E-state index is 12.9. The zero-order valence-electron chi connectivity index (χ0n) is 20.7. The van der Waals surface area contributed by atoms with Crippen LogP contribution in [-0.4, -0.2) is 71.4 Å². The largest absolute Gasteiger partial charge is 0.444 e. The minimum atomic E-state index is -0.467. The zero-order chi connectivity index (χ0) is 23.3. The third-order valence-corrected chi connectivity index (χ3v) is 6.12. The molecule has 1 aliphatic heterocycles. The summed E-state index contributed by atoms with van der Waals surface area (Å²) in [6.07, 6.45) is 4.96. The van der Waals surface area contributed by atoms with Crippen LogP contribution in [0.25, 0.3) is 0 Å². The van der Waals surface area contributed by atoms with Crippen molar-refractivity contribution in [2.75, 3.05) is 32.7 Å². The maximum Gasteiger partial charge on any atom is 0.410 e. The highest BCUT2D eigenvalue weighted by Gasteiger charge is 2.35. The predicted molar refractivity (Wildman–Crippen MR) is 126 cm³/mol. The van der Waals surface area contributed by atoms with Gasteiger partial charge in [-0.1, -0.05) is 5.16 Å². The van der Waals surface area contributed by atoms with Gasteiger partial charge in [-0.15, -0.1) is 0 Å². The van der Waals surface area contributed by atoms with E-state index < -0.39 is 5.60 Å². The normalized spacial score (nSPS) is 18.1. The molecule has 1 amide bonds. The van der Waals surface area contributed by atoms with Crippen molar-refractivity contribution in [1.82, 2.24) is 20.3 Å². The molecule has 1 aromatic rings. The first-order valence-electron chi connectivity index (χ1n) is 12.1. The lowest BCUT2D eigenvalue weighted by Gasteiger charge is -2.40. The van der Waals surface area contributed by atoms with Crippen LogP contribution in [0.4, 0.5) is 4.79 Å². The lowest BCUT2D eigenvalue weighted by Crippen LogP contribution is -2.52. The minimum Gasteiger partial charge on any atom is -0.444 e. The summed E-state index contributed by atoms with van der Waals surface area (Å²) in [5, 5.41) is 7.47. The van der Waals surface area contributed by atoms with Crippen LogP contribution in [0.5, 0.6) is 0 Å². The molecule has 2 aliphatic rings.